The van der Waals surface area contributed by atoms with Crippen LogP contribution in [0.5, 0.6) is 0 Å². The number of nitrogens with zero attached hydrogens (tertiary/aromatic N) is 3. The van der Waals surface area contributed by atoms with E-state index < -0.39 is 0 Å². The van der Waals surface area contributed by atoms with Crippen LogP contribution in [0.1, 0.15) is 36.2 Å². The molecule has 20 heavy (non-hydrogen) atoms. The lowest BCUT2D eigenvalue weighted by atomic mass is 10.1. The highest BCUT2D eigenvalue weighted by Gasteiger charge is 2.15. The summed E-state index contributed by atoms with van der Waals surface area (Å²) in [7, 11) is 0. The number of hydrogen-bond acceptors (Lipinski definition) is 4. The highest BCUT2D eigenvalue weighted by atomic mass is 16.6. The molecule has 0 saturated carbocycles. The van der Waals surface area contributed by atoms with Crippen molar-refractivity contribution in [1.82, 2.24) is 9.55 Å². The van der Waals surface area contributed by atoms with Crippen LogP contribution >= 0.6 is 0 Å². The summed E-state index contributed by atoms with van der Waals surface area (Å²) in [5.74, 6) is 0. The van der Waals surface area contributed by atoms with Crippen molar-refractivity contribution in [2.45, 2.75) is 32.9 Å². The van der Waals surface area contributed by atoms with E-state index in [1.54, 1.807) is 25.5 Å². The first kappa shape index (κ1) is 14.2. The Morgan fingerprint density at radius 2 is 2.25 bits per heavy atom. The minimum absolute atomic E-state index is 0.0727. The van der Waals surface area contributed by atoms with Gasteiger partial charge in [0.25, 0.3) is 5.69 Å². The van der Waals surface area contributed by atoms with Gasteiger partial charge in [-0.05, 0) is 18.9 Å². The van der Waals surface area contributed by atoms with Gasteiger partial charge in [0.05, 0.1) is 16.9 Å². The van der Waals surface area contributed by atoms with Crippen molar-refractivity contribution in [3.8, 4) is 0 Å². The molecule has 0 amide bonds. The minimum Gasteiger partial charge on any atom is -0.329 e. The molecule has 0 unspecified atom stereocenters. The van der Waals surface area contributed by atoms with Crippen molar-refractivity contribution in [2.24, 2.45) is 5.73 Å². The van der Waals surface area contributed by atoms with Crippen molar-refractivity contribution in [1.29, 1.82) is 0 Å². The average Bonchev–Trinajstić information content (AvgIpc) is 2.88. The summed E-state index contributed by atoms with van der Waals surface area (Å²) in [4.78, 5) is 14.7. The zero-order chi connectivity index (χ0) is 14.7. The quantitative estimate of drug-likeness (QED) is 0.670. The molecule has 0 saturated heterocycles. The van der Waals surface area contributed by atoms with Gasteiger partial charge in [-0.2, -0.15) is 0 Å². The average molecular weight is 274 g/mol. The smallest absolute Gasteiger partial charge is 0.272 e. The highest BCUT2D eigenvalue weighted by Crippen LogP contribution is 2.23. The third kappa shape index (κ3) is 2.70. The fourth-order valence-corrected chi connectivity index (χ4v) is 2.20. The van der Waals surface area contributed by atoms with Crippen LogP contribution in [0.2, 0.25) is 0 Å². The normalized spacial score (nSPS) is 12.3. The van der Waals surface area contributed by atoms with Crippen LogP contribution < -0.4 is 5.73 Å². The second-order valence-corrected chi connectivity index (χ2v) is 4.78. The van der Waals surface area contributed by atoms with Gasteiger partial charge in [-0.1, -0.05) is 19.1 Å². The van der Waals surface area contributed by atoms with E-state index in [1.807, 2.05) is 17.6 Å². The Labute approximate surface area is 117 Å². The van der Waals surface area contributed by atoms with Gasteiger partial charge in [0, 0.05) is 30.4 Å². The van der Waals surface area contributed by atoms with Crippen LogP contribution in [-0.4, -0.2) is 14.5 Å². The Morgan fingerprint density at radius 3 is 2.90 bits per heavy atom. The summed E-state index contributed by atoms with van der Waals surface area (Å²) in [6.45, 7) is 4.32. The van der Waals surface area contributed by atoms with Crippen LogP contribution in [0.4, 0.5) is 5.69 Å². The Kier molecular flexibility index (Phi) is 4.14. The van der Waals surface area contributed by atoms with Crippen molar-refractivity contribution >= 4 is 5.69 Å². The van der Waals surface area contributed by atoms with E-state index in [4.69, 9.17) is 5.73 Å². The molecule has 0 fully saturated rings. The molecule has 106 valence electrons. The first-order valence-corrected chi connectivity index (χ1v) is 6.53. The van der Waals surface area contributed by atoms with E-state index in [-0.39, 0.29) is 16.7 Å². The second kappa shape index (κ2) is 5.83. The number of nitrogens with two attached hydrogens (primary N) is 1. The molecule has 0 aliphatic rings. The fourth-order valence-electron chi connectivity index (χ4n) is 2.20. The summed E-state index contributed by atoms with van der Waals surface area (Å²) in [5.41, 5.74) is 8.71. The fraction of sp³-hybridized carbons (Fsp3) is 0.357. The molecule has 1 heterocycles. The van der Waals surface area contributed by atoms with Crippen molar-refractivity contribution < 1.29 is 4.92 Å². The summed E-state index contributed by atoms with van der Waals surface area (Å²) in [5, 5.41) is 11.0. The number of aromatic nitrogens is 2. The largest absolute Gasteiger partial charge is 0.329 e. The summed E-state index contributed by atoms with van der Waals surface area (Å²) in [6.07, 6.45) is 4.28. The number of nitro benzene ring substituents is 1. The molecule has 0 radical (unpaired) electrons. The third-order valence-electron chi connectivity index (χ3n) is 3.52. The number of rotatable bonds is 5. The Morgan fingerprint density at radius 1 is 1.50 bits per heavy atom. The molecular formula is C14H18N4O2. The molecule has 6 nitrogen and oxygen atoms in total. The van der Waals surface area contributed by atoms with Crippen LogP contribution in [-0.2, 0) is 6.54 Å². The van der Waals surface area contributed by atoms with Crippen LogP contribution in [0.3, 0.4) is 0 Å². The van der Waals surface area contributed by atoms with Gasteiger partial charge in [0.15, 0.2) is 0 Å². The summed E-state index contributed by atoms with van der Waals surface area (Å²) in [6, 6.07) is 5.04. The topological polar surface area (TPSA) is 87.0 Å². The molecule has 6 heteroatoms. The van der Waals surface area contributed by atoms with Gasteiger partial charge in [-0.25, -0.2) is 4.98 Å². The molecule has 0 bridgehead atoms. The van der Waals surface area contributed by atoms with Crippen LogP contribution in [0.25, 0.3) is 0 Å². The van der Waals surface area contributed by atoms with E-state index in [0.717, 1.165) is 17.7 Å². The maximum absolute atomic E-state index is 11.0. The molecule has 2 N–H and O–H groups in total. The Balaban J connectivity index is 2.34. The van der Waals surface area contributed by atoms with Crippen molar-refractivity contribution in [2.75, 3.05) is 0 Å². The Hall–Kier alpha value is -2.21. The van der Waals surface area contributed by atoms with Gasteiger partial charge in [0.2, 0.25) is 0 Å². The standard InChI is InChI=1S/C14H18N4O2/c1-3-12(15)14-7-16-9-17(14)8-11-5-4-6-13(10(11)2)18(19)20/h4-7,9,12H,3,8,15H2,1-2H3/t12-/m1/s1. The SMILES string of the molecule is CC[C@@H](N)c1cncn1Cc1cccc([N+](=O)[O-])c1C. The number of nitro groups is 1. The lowest BCUT2D eigenvalue weighted by molar-refractivity contribution is -0.385. The van der Waals surface area contributed by atoms with Gasteiger partial charge in [0.1, 0.15) is 0 Å². The highest BCUT2D eigenvalue weighted by molar-refractivity contribution is 5.44. The molecule has 0 aliphatic carbocycles. The minimum atomic E-state index is -0.356. The predicted octanol–water partition coefficient (Wildman–Crippen LogP) is 2.56. The molecule has 2 aromatic rings. The third-order valence-corrected chi connectivity index (χ3v) is 3.52. The van der Waals surface area contributed by atoms with E-state index in [2.05, 4.69) is 4.98 Å². The lowest BCUT2D eigenvalue weighted by Crippen LogP contribution is -2.15. The second-order valence-electron chi connectivity index (χ2n) is 4.78. The van der Waals surface area contributed by atoms with Crippen LogP contribution in [0.15, 0.2) is 30.7 Å². The zero-order valence-electron chi connectivity index (χ0n) is 11.6. The molecular weight excluding hydrogens is 256 g/mol. The first-order valence-electron chi connectivity index (χ1n) is 6.53. The molecule has 0 spiro atoms. The van der Waals surface area contributed by atoms with E-state index in [0.29, 0.717) is 12.1 Å². The summed E-state index contributed by atoms with van der Waals surface area (Å²) >= 11 is 0. The summed E-state index contributed by atoms with van der Waals surface area (Å²) < 4.78 is 1.94. The maximum Gasteiger partial charge on any atom is 0.272 e. The lowest BCUT2D eigenvalue weighted by Gasteiger charge is -2.14. The molecule has 1 atom stereocenters. The number of imidazole rings is 1. The van der Waals surface area contributed by atoms with E-state index in [1.165, 1.54) is 6.07 Å². The first-order chi connectivity index (χ1) is 9.54. The number of benzene rings is 1. The van der Waals surface area contributed by atoms with Gasteiger partial charge < -0.3 is 10.3 Å². The van der Waals surface area contributed by atoms with Crippen molar-refractivity contribution in [3.63, 3.8) is 0 Å². The molecule has 0 aliphatic heterocycles. The molecule has 1 aromatic carbocycles. The van der Waals surface area contributed by atoms with E-state index >= 15 is 0 Å². The van der Waals surface area contributed by atoms with E-state index in [9.17, 15) is 10.1 Å². The van der Waals surface area contributed by atoms with Crippen molar-refractivity contribution in [3.05, 3.63) is 57.7 Å². The maximum atomic E-state index is 11.0. The van der Waals surface area contributed by atoms with Gasteiger partial charge >= 0.3 is 0 Å². The van der Waals surface area contributed by atoms with Gasteiger partial charge in [-0.3, -0.25) is 10.1 Å². The number of hydrogen-bond donors (Lipinski definition) is 1. The predicted molar refractivity (Wildman–Crippen MR) is 76.4 cm³/mol. The zero-order valence-corrected chi connectivity index (χ0v) is 11.6. The Bertz CT molecular complexity index is 621. The van der Waals surface area contributed by atoms with Crippen LogP contribution in [0, 0.1) is 17.0 Å². The monoisotopic (exact) mass is 274 g/mol. The molecule has 2 rings (SSSR count). The van der Waals surface area contributed by atoms with Gasteiger partial charge in [-0.15, -0.1) is 0 Å². The molecule has 1 aromatic heterocycles.